The summed E-state index contributed by atoms with van der Waals surface area (Å²) in [5, 5.41) is 0. The summed E-state index contributed by atoms with van der Waals surface area (Å²) in [6.07, 6.45) is 4.26. The van der Waals surface area contributed by atoms with Crippen molar-refractivity contribution in [3.05, 3.63) is 0 Å². The van der Waals surface area contributed by atoms with Gasteiger partial charge in [0.1, 0.15) is 0 Å². The smallest absolute Gasteiger partial charge is 0.232 e. The van der Waals surface area contributed by atoms with E-state index in [4.69, 9.17) is 20.2 Å². The Morgan fingerprint density at radius 1 is 1.47 bits per heavy atom. The van der Waals surface area contributed by atoms with Crippen LogP contribution in [0.5, 0.6) is 0 Å². The van der Waals surface area contributed by atoms with Crippen LogP contribution in [0, 0.1) is 5.92 Å². The van der Waals surface area contributed by atoms with Crippen LogP contribution in [0.15, 0.2) is 0 Å². The molecule has 0 spiro atoms. The van der Waals surface area contributed by atoms with Gasteiger partial charge in [-0.2, -0.15) is 0 Å². The zero-order valence-corrected chi connectivity index (χ0v) is 11.8. The predicted molar refractivity (Wildman–Crippen MR) is 67.8 cm³/mol. The molecule has 2 atom stereocenters. The van der Waals surface area contributed by atoms with Crippen LogP contribution in [0.1, 0.15) is 32.6 Å². The first kappa shape index (κ1) is 15.2. The summed E-state index contributed by atoms with van der Waals surface area (Å²) in [6.45, 7) is 3.73. The van der Waals surface area contributed by atoms with Crippen LogP contribution >= 0.6 is 10.7 Å². The van der Waals surface area contributed by atoms with E-state index in [9.17, 15) is 8.42 Å². The van der Waals surface area contributed by atoms with Crippen molar-refractivity contribution >= 4 is 19.7 Å². The van der Waals surface area contributed by atoms with E-state index < -0.39 is 9.05 Å². The molecule has 1 saturated heterocycles. The SMILES string of the molecule is CCC(COCC1CCCCO1)CS(=O)(=O)Cl. The highest BCUT2D eigenvalue weighted by Gasteiger charge is 2.18. The largest absolute Gasteiger partial charge is 0.378 e. The van der Waals surface area contributed by atoms with Gasteiger partial charge in [-0.05, 0) is 25.2 Å². The third-order valence-electron chi connectivity index (χ3n) is 2.94. The molecule has 0 amide bonds. The molecular formula is C11H21ClO4S. The van der Waals surface area contributed by atoms with E-state index >= 15 is 0 Å². The van der Waals surface area contributed by atoms with Crippen LogP contribution in [0.3, 0.4) is 0 Å². The average Bonchev–Trinajstić information content (AvgIpc) is 2.27. The molecule has 17 heavy (non-hydrogen) atoms. The van der Waals surface area contributed by atoms with Gasteiger partial charge in [0.05, 0.1) is 25.1 Å². The molecule has 1 fully saturated rings. The highest BCUT2D eigenvalue weighted by molar-refractivity contribution is 8.13. The van der Waals surface area contributed by atoms with Crippen LogP contribution < -0.4 is 0 Å². The van der Waals surface area contributed by atoms with E-state index in [-0.39, 0.29) is 17.8 Å². The molecular weight excluding hydrogens is 264 g/mol. The Kier molecular flexibility index (Phi) is 6.77. The van der Waals surface area contributed by atoms with Gasteiger partial charge in [0.2, 0.25) is 9.05 Å². The first-order chi connectivity index (χ1) is 8.01. The summed E-state index contributed by atoms with van der Waals surface area (Å²) in [5.41, 5.74) is 0. The van der Waals surface area contributed by atoms with Crippen molar-refractivity contribution < 1.29 is 17.9 Å². The van der Waals surface area contributed by atoms with Crippen molar-refractivity contribution in [2.75, 3.05) is 25.6 Å². The number of halogens is 1. The van der Waals surface area contributed by atoms with Gasteiger partial charge < -0.3 is 9.47 Å². The first-order valence-electron chi connectivity index (χ1n) is 6.13. The molecule has 0 aromatic heterocycles. The van der Waals surface area contributed by atoms with Gasteiger partial charge in [-0.3, -0.25) is 0 Å². The number of rotatable bonds is 7. The van der Waals surface area contributed by atoms with Gasteiger partial charge in [-0.15, -0.1) is 0 Å². The minimum Gasteiger partial charge on any atom is -0.378 e. The number of ether oxygens (including phenoxy) is 2. The lowest BCUT2D eigenvalue weighted by Gasteiger charge is -2.23. The molecule has 0 aliphatic carbocycles. The normalized spacial score (nSPS) is 23.5. The summed E-state index contributed by atoms with van der Waals surface area (Å²) in [5.74, 6) is -0.0441. The molecule has 0 aromatic carbocycles. The van der Waals surface area contributed by atoms with Crippen molar-refractivity contribution in [2.24, 2.45) is 5.92 Å². The van der Waals surface area contributed by atoms with Crippen molar-refractivity contribution in [2.45, 2.75) is 38.7 Å². The topological polar surface area (TPSA) is 52.6 Å². The highest BCUT2D eigenvalue weighted by atomic mass is 35.7. The third-order valence-corrected chi connectivity index (χ3v) is 4.19. The lowest BCUT2D eigenvalue weighted by Crippen LogP contribution is -2.26. The average molecular weight is 285 g/mol. The second-order valence-electron chi connectivity index (χ2n) is 4.51. The van der Waals surface area contributed by atoms with E-state index in [0.717, 1.165) is 25.9 Å². The maximum atomic E-state index is 11.0. The van der Waals surface area contributed by atoms with Crippen LogP contribution in [0.25, 0.3) is 0 Å². The van der Waals surface area contributed by atoms with E-state index in [0.29, 0.717) is 13.2 Å². The van der Waals surface area contributed by atoms with Gasteiger partial charge in [0, 0.05) is 17.3 Å². The minimum absolute atomic E-state index is 0.0173. The van der Waals surface area contributed by atoms with Gasteiger partial charge in [0.15, 0.2) is 0 Å². The standard InChI is InChI=1S/C11H21ClO4S/c1-2-10(9-17(12,13)14)7-15-8-11-5-3-4-6-16-11/h10-11H,2-9H2,1H3. The summed E-state index contributed by atoms with van der Waals surface area (Å²) >= 11 is 0. The van der Waals surface area contributed by atoms with Crippen molar-refractivity contribution in [1.82, 2.24) is 0 Å². The molecule has 0 radical (unpaired) electrons. The second kappa shape index (κ2) is 7.56. The molecule has 0 bridgehead atoms. The summed E-state index contributed by atoms with van der Waals surface area (Å²) in [7, 11) is 1.80. The Morgan fingerprint density at radius 2 is 2.24 bits per heavy atom. The first-order valence-corrected chi connectivity index (χ1v) is 8.60. The van der Waals surface area contributed by atoms with E-state index in [1.807, 2.05) is 6.92 Å². The maximum absolute atomic E-state index is 11.0. The maximum Gasteiger partial charge on any atom is 0.232 e. The Balaban J connectivity index is 2.18. The fourth-order valence-electron chi connectivity index (χ4n) is 1.87. The Hall–Kier alpha value is 0.160. The molecule has 0 N–H and O–H groups in total. The molecule has 1 heterocycles. The molecule has 4 nitrogen and oxygen atoms in total. The lowest BCUT2D eigenvalue weighted by atomic mass is 10.1. The van der Waals surface area contributed by atoms with Crippen molar-refractivity contribution in [3.63, 3.8) is 0 Å². The minimum atomic E-state index is -3.43. The molecule has 0 saturated carbocycles. The monoisotopic (exact) mass is 284 g/mol. The molecule has 1 aliphatic heterocycles. The van der Waals surface area contributed by atoms with E-state index in [1.165, 1.54) is 6.42 Å². The van der Waals surface area contributed by atoms with E-state index in [1.54, 1.807) is 0 Å². The fourth-order valence-corrected chi connectivity index (χ4v) is 3.30. The molecule has 2 unspecified atom stereocenters. The highest BCUT2D eigenvalue weighted by Crippen LogP contribution is 2.14. The fraction of sp³-hybridized carbons (Fsp3) is 1.00. The molecule has 1 aliphatic rings. The third kappa shape index (κ3) is 7.24. The van der Waals surface area contributed by atoms with Crippen LogP contribution in [-0.4, -0.2) is 40.1 Å². The number of hydrogen-bond acceptors (Lipinski definition) is 4. The molecule has 6 heteroatoms. The van der Waals surface area contributed by atoms with Crippen LogP contribution in [0.4, 0.5) is 0 Å². The second-order valence-corrected chi connectivity index (χ2v) is 7.33. The zero-order valence-electron chi connectivity index (χ0n) is 10.2. The van der Waals surface area contributed by atoms with Crippen molar-refractivity contribution in [3.8, 4) is 0 Å². The summed E-state index contributed by atoms with van der Waals surface area (Å²) in [6, 6.07) is 0. The van der Waals surface area contributed by atoms with Crippen LogP contribution in [0.2, 0.25) is 0 Å². The van der Waals surface area contributed by atoms with Crippen molar-refractivity contribution in [1.29, 1.82) is 0 Å². The molecule has 102 valence electrons. The Labute approximate surface area is 108 Å². The summed E-state index contributed by atoms with van der Waals surface area (Å²) < 4.78 is 33.0. The zero-order chi connectivity index (χ0) is 12.7. The molecule has 1 rings (SSSR count). The number of hydrogen-bond donors (Lipinski definition) is 0. The quantitative estimate of drug-likeness (QED) is 0.672. The van der Waals surface area contributed by atoms with Gasteiger partial charge in [0.25, 0.3) is 0 Å². The Morgan fingerprint density at radius 3 is 2.76 bits per heavy atom. The van der Waals surface area contributed by atoms with Gasteiger partial charge in [-0.25, -0.2) is 8.42 Å². The molecule has 0 aromatic rings. The van der Waals surface area contributed by atoms with Gasteiger partial charge >= 0.3 is 0 Å². The van der Waals surface area contributed by atoms with Crippen LogP contribution in [-0.2, 0) is 18.5 Å². The van der Waals surface area contributed by atoms with E-state index in [2.05, 4.69) is 0 Å². The summed E-state index contributed by atoms with van der Waals surface area (Å²) in [4.78, 5) is 0. The lowest BCUT2D eigenvalue weighted by molar-refractivity contribution is -0.0458. The predicted octanol–water partition coefficient (Wildman–Crippen LogP) is 2.17. The Bertz CT molecular complexity index is 299. The van der Waals surface area contributed by atoms with Gasteiger partial charge in [-0.1, -0.05) is 13.3 Å².